The number of carbonyl (C=O) groups is 1. The lowest BCUT2D eigenvalue weighted by molar-refractivity contribution is -0.345. The Balaban J connectivity index is 1.59. The Labute approximate surface area is 276 Å². The molecule has 2 unspecified atom stereocenters. The van der Waals surface area contributed by atoms with E-state index < -0.39 is 30.3 Å². The second-order valence-corrected chi connectivity index (χ2v) is 13.5. The number of hydrogen-bond acceptors (Lipinski definition) is 5. The van der Waals surface area contributed by atoms with E-state index in [0.29, 0.717) is 41.1 Å². The van der Waals surface area contributed by atoms with Crippen LogP contribution >= 0.6 is 11.6 Å². The number of esters is 1. The van der Waals surface area contributed by atoms with Gasteiger partial charge in [-0.3, -0.25) is 9.64 Å². The van der Waals surface area contributed by atoms with E-state index in [1.54, 1.807) is 19.9 Å². The summed E-state index contributed by atoms with van der Waals surface area (Å²) in [6, 6.07) is 8.26. The highest BCUT2D eigenvalue weighted by Crippen LogP contribution is 2.42. The molecule has 0 aromatic heterocycles. The molecule has 1 aliphatic carbocycles. The summed E-state index contributed by atoms with van der Waals surface area (Å²) >= 11 is 6.46. The lowest BCUT2D eigenvalue weighted by Gasteiger charge is -2.35. The van der Waals surface area contributed by atoms with Gasteiger partial charge in [0.25, 0.3) is 0 Å². The zero-order valence-corrected chi connectivity index (χ0v) is 28.4. The van der Waals surface area contributed by atoms with E-state index in [4.69, 9.17) is 16.3 Å². The Morgan fingerprint density at radius 3 is 2.37 bits per heavy atom. The van der Waals surface area contributed by atoms with E-state index in [0.717, 1.165) is 32.5 Å². The van der Waals surface area contributed by atoms with Crippen LogP contribution in [0.1, 0.15) is 110 Å². The third-order valence-electron chi connectivity index (χ3n) is 9.86. The van der Waals surface area contributed by atoms with Gasteiger partial charge in [-0.05, 0) is 163 Å². The first-order valence-corrected chi connectivity index (χ1v) is 17.1. The van der Waals surface area contributed by atoms with Crippen molar-refractivity contribution in [2.45, 2.75) is 109 Å². The van der Waals surface area contributed by atoms with E-state index in [-0.39, 0.29) is 31.3 Å². The number of piperidine rings is 1. The van der Waals surface area contributed by atoms with Gasteiger partial charge in [0.1, 0.15) is 11.9 Å². The van der Waals surface area contributed by atoms with Crippen LogP contribution in [0.4, 0.5) is 17.6 Å². The molecular weight excluding hydrogens is 620 g/mol. The molecule has 10 heteroatoms. The summed E-state index contributed by atoms with van der Waals surface area (Å²) in [7, 11) is 1.89. The van der Waals surface area contributed by atoms with Crippen molar-refractivity contribution in [2.75, 3.05) is 39.8 Å². The second kappa shape index (κ2) is 16.8. The van der Waals surface area contributed by atoms with Crippen molar-refractivity contribution in [2.24, 2.45) is 0 Å². The predicted molar refractivity (Wildman–Crippen MR) is 174 cm³/mol. The summed E-state index contributed by atoms with van der Waals surface area (Å²) in [6.07, 6.45) is 1.07. The second-order valence-electron chi connectivity index (χ2n) is 13.0. The topological polar surface area (TPSA) is 42.0 Å². The molecular formula is C36H49ClF4N2O3. The number of likely N-dealkylation sites (tertiary alicyclic amines) is 1. The average Bonchev–Trinajstić information content (AvgIpc) is 3.01. The highest BCUT2D eigenvalue weighted by Gasteiger charge is 2.38. The molecule has 4 rings (SSSR count). The number of halogens is 5. The molecule has 0 amide bonds. The van der Waals surface area contributed by atoms with Gasteiger partial charge in [0.2, 0.25) is 0 Å². The van der Waals surface area contributed by atoms with Gasteiger partial charge >= 0.3 is 12.3 Å². The van der Waals surface area contributed by atoms with E-state index in [1.807, 2.05) is 18.0 Å². The van der Waals surface area contributed by atoms with E-state index >= 15 is 4.39 Å². The number of alkyl halides is 3. The zero-order chi connectivity index (χ0) is 33.4. The fourth-order valence-electron chi connectivity index (χ4n) is 7.44. The van der Waals surface area contributed by atoms with Crippen LogP contribution in [0.5, 0.6) is 0 Å². The molecule has 2 aromatic carbocycles. The maximum absolute atomic E-state index is 15.1. The van der Waals surface area contributed by atoms with Gasteiger partial charge in [0.15, 0.2) is 0 Å². The molecule has 2 aromatic rings. The van der Waals surface area contributed by atoms with Crippen molar-refractivity contribution in [1.29, 1.82) is 0 Å². The minimum atomic E-state index is -4.69. The number of ether oxygens (including phenoxy) is 2. The normalized spacial score (nSPS) is 20.9. The summed E-state index contributed by atoms with van der Waals surface area (Å²) < 4.78 is 63.6. The van der Waals surface area contributed by atoms with Crippen LogP contribution in [0.2, 0.25) is 5.02 Å². The van der Waals surface area contributed by atoms with Crippen LogP contribution < -0.4 is 0 Å². The summed E-state index contributed by atoms with van der Waals surface area (Å²) in [6.45, 7) is 9.53. The largest absolute Gasteiger partial charge is 0.522 e. The van der Waals surface area contributed by atoms with Crippen molar-refractivity contribution < 1.29 is 31.8 Å². The molecule has 1 saturated carbocycles. The minimum absolute atomic E-state index is 0.193. The Morgan fingerprint density at radius 1 is 1.02 bits per heavy atom. The molecule has 2 atom stereocenters. The van der Waals surface area contributed by atoms with Crippen LogP contribution in [0.3, 0.4) is 0 Å². The van der Waals surface area contributed by atoms with Crippen LogP contribution in [-0.2, 0) is 14.3 Å². The van der Waals surface area contributed by atoms with E-state index in [2.05, 4.69) is 28.7 Å². The molecule has 0 spiro atoms. The molecule has 1 heterocycles. The van der Waals surface area contributed by atoms with Gasteiger partial charge in [-0.2, -0.15) is 0 Å². The third kappa shape index (κ3) is 9.91. The minimum Gasteiger partial charge on any atom is -0.465 e. The standard InChI is InChI=1S/C36H49ClF4N2O3/c1-5-45-35(44)34(30-15-16-32(38)25(3)33(30)27-10-13-29(14-11-27)46-36(39,40)41)42(4)21-17-26(18-22-43-19-7-6-8-20-43)31-23-28(37)12-9-24(31)2/h9,12,15-16,23,26-27,29,34H,5-8,10-11,13-14,17-22H2,1-4H3. The molecule has 2 fully saturated rings. The van der Waals surface area contributed by atoms with Gasteiger partial charge in [0, 0.05) is 5.02 Å². The van der Waals surface area contributed by atoms with Crippen molar-refractivity contribution in [3.63, 3.8) is 0 Å². The van der Waals surface area contributed by atoms with Gasteiger partial charge in [-0.1, -0.05) is 30.2 Å². The Morgan fingerprint density at radius 2 is 1.72 bits per heavy atom. The maximum Gasteiger partial charge on any atom is 0.522 e. The highest BCUT2D eigenvalue weighted by atomic mass is 35.5. The molecule has 256 valence electrons. The quantitative estimate of drug-likeness (QED) is 0.157. The summed E-state index contributed by atoms with van der Waals surface area (Å²) in [5.74, 6) is -0.804. The molecule has 1 saturated heterocycles. The van der Waals surface area contributed by atoms with Crippen LogP contribution in [0.25, 0.3) is 0 Å². The fourth-order valence-corrected chi connectivity index (χ4v) is 7.62. The predicted octanol–water partition coefficient (Wildman–Crippen LogP) is 9.24. The maximum atomic E-state index is 15.1. The lowest BCUT2D eigenvalue weighted by atomic mass is 9.77. The SMILES string of the molecule is CCOC(=O)C(c1ccc(F)c(C)c1C1CCC(OC(F)(F)F)CC1)N(C)CCC(CCN1CCCCC1)c1cc(Cl)ccc1C. The first-order valence-electron chi connectivity index (χ1n) is 16.8. The number of hydrogen-bond donors (Lipinski definition) is 0. The first kappa shape index (κ1) is 36.6. The van der Waals surface area contributed by atoms with Crippen molar-refractivity contribution in [3.05, 3.63) is 69.0 Å². The number of likely N-dealkylation sites (N-methyl/N-ethyl adjacent to an activating group) is 1. The number of benzene rings is 2. The van der Waals surface area contributed by atoms with Crippen LogP contribution in [-0.4, -0.2) is 68.1 Å². The first-order chi connectivity index (χ1) is 21.9. The smallest absolute Gasteiger partial charge is 0.465 e. The van der Waals surface area contributed by atoms with Crippen LogP contribution in [0.15, 0.2) is 30.3 Å². The number of rotatable bonds is 13. The molecule has 0 N–H and O–H groups in total. The van der Waals surface area contributed by atoms with Crippen molar-refractivity contribution in [3.8, 4) is 0 Å². The van der Waals surface area contributed by atoms with Crippen molar-refractivity contribution >= 4 is 17.6 Å². The van der Waals surface area contributed by atoms with Gasteiger partial charge < -0.3 is 9.64 Å². The fraction of sp³-hybridized carbons (Fsp3) is 0.639. The Kier molecular flexibility index (Phi) is 13.3. The molecule has 46 heavy (non-hydrogen) atoms. The Hall–Kier alpha value is -2.20. The molecule has 5 nitrogen and oxygen atoms in total. The molecule has 0 radical (unpaired) electrons. The zero-order valence-electron chi connectivity index (χ0n) is 27.6. The molecule has 0 bridgehead atoms. The van der Waals surface area contributed by atoms with Crippen LogP contribution in [0, 0.1) is 19.7 Å². The lowest BCUT2D eigenvalue weighted by Crippen LogP contribution is -2.36. The average molecular weight is 669 g/mol. The van der Waals surface area contributed by atoms with Gasteiger partial charge in [-0.25, -0.2) is 9.18 Å². The molecule has 1 aliphatic heterocycles. The van der Waals surface area contributed by atoms with Gasteiger partial charge in [0.05, 0.1) is 12.7 Å². The highest BCUT2D eigenvalue weighted by molar-refractivity contribution is 6.30. The monoisotopic (exact) mass is 668 g/mol. The summed E-state index contributed by atoms with van der Waals surface area (Å²) in [5.41, 5.74) is 4.17. The summed E-state index contributed by atoms with van der Waals surface area (Å²) in [5, 5.41) is 0.697. The Bertz CT molecular complexity index is 1290. The molecule has 2 aliphatic rings. The number of aryl methyl sites for hydroxylation is 1. The van der Waals surface area contributed by atoms with Gasteiger partial charge in [-0.15, -0.1) is 13.2 Å². The number of carbonyl (C=O) groups excluding carboxylic acids is 1. The van der Waals surface area contributed by atoms with Crippen molar-refractivity contribution in [1.82, 2.24) is 9.80 Å². The number of nitrogens with zero attached hydrogens (tertiary/aromatic N) is 2. The third-order valence-corrected chi connectivity index (χ3v) is 10.1. The summed E-state index contributed by atoms with van der Waals surface area (Å²) in [4.78, 5) is 18.2. The van der Waals surface area contributed by atoms with E-state index in [9.17, 15) is 18.0 Å². The van der Waals surface area contributed by atoms with E-state index in [1.165, 1.54) is 36.5 Å².